The molecule has 3 nitrogen and oxygen atoms in total. The maximum absolute atomic E-state index is 12.0. The molecule has 3 heteroatoms. The molecule has 0 N–H and O–H groups in total. The summed E-state index contributed by atoms with van der Waals surface area (Å²) in [6.45, 7) is 3.60. The van der Waals surface area contributed by atoms with E-state index in [1.165, 1.54) is 0 Å². The van der Waals surface area contributed by atoms with Crippen molar-refractivity contribution >= 4 is 5.78 Å². The number of aryl methyl sites for hydroxylation is 1. The second-order valence-electron chi connectivity index (χ2n) is 4.36. The van der Waals surface area contributed by atoms with E-state index in [1.807, 2.05) is 31.2 Å². The number of ketones is 1. The number of Topliss-reactive ketones (excluding diaryl/α,β-unsaturated/α-hetero) is 1. The second-order valence-corrected chi connectivity index (χ2v) is 4.36. The van der Waals surface area contributed by atoms with Gasteiger partial charge in [0.15, 0.2) is 5.78 Å². The first kappa shape index (κ1) is 12.3. The van der Waals surface area contributed by atoms with Crippen LogP contribution in [0.5, 0.6) is 0 Å². The Morgan fingerprint density at radius 2 is 2.06 bits per heavy atom. The molecule has 17 heavy (non-hydrogen) atoms. The summed E-state index contributed by atoms with van der Waals surface area (Å²) in [5.74, 6) is 0.0644. The third-order valence-corrected chi connectivity index (χ3v) is 3.06. The molecule has 0 atom stereocenters. The molecule has 0 unspecified atom stereocenters. The predicted octanol–water partition coefficient (Wildman–Crippen LogP) is 2.37. The van der Waals surface area contributed by atoms with E-state index in [1.54, 1.807) is 0 Å². The van der Waals surface area contributed by atoms with Crippen LogP contribution < -0.4 is 0 Å². The number of carbonyl (C=O) groups is 1. The first-order valence-electron chi connectivity index (χ1n) is 6.05. The molecule has 0 amide bonds. The molecule has 1 fully saturated rings. The maximum Gasteiger partial charge on any atom is 0.188 e. The van der Waals surface area contributed by atoms with Crippen LogP contribution in [0, 0.1) is 6.92 Å². The highest BCUT2D eigenvalue weighted by atomic mass is 16.5. The topological polar surface area (TPSA) is 35.5 Å². The molecular formula is C14H18O3. The van der Waals surface area contributed by atoms with E-state index in [0.29, 0.717) is 0 Å². The van der Waals surface area contributed by atoms with Crippen LogP contribution in [-0.4, -0.2) is 31.7 Å². The molecule has 1 heterocycles. The van der Waals surface area contributed by atoms with Gasteiger partial charge in [-0.25, -0.2) is 0 Å². The van der Waals surface area contributed by atoms with Crippen molar-refractivity contribution in [3.05, 3.63) is 35.4 Å². The van der Waals surface area contributed by atoms with E-state index in [2.05, 4.69) is 0 Å². The summed E-state index contributed by atoms with van der Waals surface area (Å²) < 4.78 is 10.9. The molecule has 1 aromatic carbocycles. The van der Waals surface area contributed by atoms with E-state index in [-0.39, 0.29) is 18.5 Å². The lowest BCUT2D eigenvalue weighted by atomic mass is 10.1. The Morgan fingerprint density at radius 3 is 2.76 bits per heavy atom. The summed E-state index contributed by atoms with van der Waals surface area (Å²) in [7, 11) is 0. The van der Waals surface area contributed by atoms with Crippen LogP contribution in [0.15, 0.2) is 24.3 Å². The minimum Gasteiger partial charge on any atom is -0.381 e. The Labute approximate surface area is 102 Å². The Balaban J connectivity index is 1.87. The quantitative estimate of drug-likeness (QED) is 0.750. The van der Waals surface area contributed by atoms with Gasteiger partial charge in [-0.1, -0.05) is 24.3 Å². The molecule has 0 aliphatic carbocycles. The number of carbonyl (C=O) groups excluding carboxylic acids is 1. The number of ether oxygens (including phenoxy) is 2. The lowest BCUT2D eigenvalue weighted by molar-refractivity contribution is -0.0262. The highest BCUT2D eigenvalue weighted by Gasteiger charge is 2.16. The van der Waals surface area contributed by atoms with Crippen LogP contribution in [0.2, 0.25) is 0 Å². The summed E-state index contributed by atoms with van der Waals surface area (Å²) in [4.78, 5) is 12.0. The third-order valence-electron chi connectivity index (χ3n) is 3.06. The minimum absolute atomic E-state index is 0.0644. The van der Waals surface area contributed by atoms with Crippen molar-refractivity contribution in [2.75, 3.05) is 19.8 Å². The van der Waals surface area contributed by atoms with Crippen molar-refractivity contribution in [2.24, 2.45) is 0 Å². The van der Waals surface area contributed by atoms with E-state index < -0.39 is 0 Å². The van der Waals surface area contributed by atoms with Crippen molar-refractivity contribution in [3.8, 4) is 0 Å². The molecule has 0 bridgehead atoms. The van der Waals surface area contributed by atoms with E-state index in [4.69, 9.17) is 9.47 Å². The van der Waals surface area contributed by atoms with E-state index in [0.717, 1.165) is 37.2 Å². The first-order valence-corrected chi connectivity index (χ1v) is 6.05. The van der Waals surface area contributed by atoms with Gasteiger partial charge in [-0.15, -0.1) is 0 Å². The van der Waals surface area contributed by atoms with Gasteiger partial charge in [-0.3, -0.25) is 4.79 Å². The zero-order valence-corrected chi connectivity index (χ0v) is 10.1. The smallest absolute Gasteiger partial charge is 0.188 e. The molecule has 1 aliphatic rings. The van der Waals surface area contributed by atoms with Gasteiger partial charge in [0.1, 0.15) is 6.61 Å². The zero-order valence-electron chi connectivity index (χ0n) is 10.1. The summed E-state index contributed by atoms with van der Waals surface area (Å²) in [5.41, 5.74) is 1.77. The molecule has 92 valence electrons. The van der Waals surface area contributed by atoms with Crippen molar-refractivity contribution in [3.63, 3.8) is 0 Å². The van der Waals surface area contributed by atoms with Crippen LogP contribution in [0.1, 0.15) is 28.8 Å². The summed E-state index contributed by atoms with van der Waals surface area (Å²) in [6.07, 6.45) is 1.96. The van der Waals surface area contributed by atoms with Crippen LogP contribution in [0.3, 0.4) is 0 Å². The molecule has 1 aromatic rings. The SMILES string of the molecule is Cc1ccccc1C(=O)COC1CCOCC1. The molecule has 0 radical (unpaired) electrons. The fourth-order valence-electron chi connectivity index (χ4n) is 2.00. The molecule has 2 rings (SSSR count). The lowest BCUT2D eigenvalue weighted by Crippen LogP contribution is -2.26. The van der Waals surface area contributed by atoms with Crippen LogP contribution in [0.4, 0.5) is 0 Å². The number of rotatable bonds is 4. The maximum atomic E-state index is 12.0. The highest BCUT2D eigenvalue weighted by Crippen LogP contribution is 2.13. The largest absolute Gasteiger partial charge is 0.381 e. The van der Waals surface area contributed by atoms with Crippen LogP contribution >= 0.6 is 0 Å². The average Bonchev–Trinajstić information content (AvgIpc) is 2.38. The van der Waals surface area contributed by atoms with E-state index in [9.17, 15) is 4.79 Å². The minimum atomic E-state index is 0.0644. The molecule has 0 saturated carbocycles. The van der Waals surface area contributed by atoms with Crippen LogP contribution in [-0.2, 0) is 9.47 Å². The first-order chi connectivity index (χ1) is 8.27. The zero-order chi connectivity index (χ0) is 12.1. The van der Waals surface area contributed by atoms with Crippen LogP contribution in [0.25, 0.3) is 0 Å². The molecular weight excluding hydrogens is 216 g/mol. The molecule has 1 aliphatic heterocycles. The van der Waals surface area contributed by atoms with Gasteiger partial charge in [0.05, 0.1) is 6.10 Å². The van der Waals surface area contributed by atoms with E-state index >= 15 is 0 Å². The van der Waals surface area contributed by atoms with Crippen molar-refractivity contribution in [2.45, 2.75) is 25.9 Å². The lowest BCUT2D eigenvalue weighted by Gasteiger charge is -2.22. The average molecular weight is 234 g/mol. The molecule has 1 saturated heterocycles. The van der Waals surface area contributed by atoms with Gasteiger partial charge >= 0.3 is 0 Å². The second kappa shape index (κ2) is 5.94. The monoisotopic (exact) mass is 234 g/mol. The Morgan fingerprint density at radius 1 is 1.35 bits per heavy atom. The summed E-state index contributed by atoms with van der Waals surface area (Å²) in [5, 5.41) is 0. The fraction of sp³-hybridized carbons (Fsp3) is 0.500. The normalized spacial score (nSPS) is 17.0. The Hall–Kier alpha value is -1.19. The number of benzene rings is 1. The van der Waals surface area contributed by atoms with Gasteiger partial charge in [0, 0.05) is 18.8 Å². The standard InChI is InChI=1S/C14H18O3/c1-11-4-2-3-5-13(11)14(15)10-17-12-6-8-16-9-7-12/h2-5,12H,6-10H2,1H3. The highest BCUT2D eigenvalue weighted by molar-refractivity contribution is 5.98. The molecule has 0 spiro atoms. The fourth-order valence-corrected chi connectivity index (χ4v) is 2.00. The summed E-state index contributed by atoms with van der Waals surface area (Å²) in [6, 6.07) is 7.62. The number of hydrogen-bond donors (Lipinski definition) is 0. The van der Waals surface area contributed by atoms with Gasteiger partial charge in [-0.05, 0) is 25.3 Å². The van der Waals surface area contributed by atoms with Gasteiger partial charge < -0.3 is 9.47 Å². The predicted molar refractivity (Wildman–Crippen MR) is 65.3 cm³/mol. The Kier molecular flexibility index (Phi) is 4.29. The third kappa shape index (κ3) is 3.38. The van der Waals surface area contributed by atoms with Crippen molar-refractivity contribution < 1.29 is 14.3 Å². The number of hydrogen-bond acceptors (Lipinski definition) is 3. The Bertz CT molecular complexity index is 381. The van der Waals surface area contributed by atoms with Gasteiger partial charge in [-0.2, -0.15) is 0 Å². The van der Waals surface area contributed by atoms with Crippen molar-refractivity contribution in [1.82, 2.24) is 0 Å². The van der Waals surface area contributed by atoms with Crippen molar-refractivity contribution in [1.29, 1.82) is 0 Å². The van der Waals surface area contributed by atoms with Gasteiger partial charge in [0.25, 0.3) is 0 Å². The van der Waals surface area contributed by atoms with Gasteiger partial charge in [0.2, 0.25) is 0 Å². The molecule has 0 aromatic heterocycles. The summed E-state index contributed by atoms with van der Waals surface area (Å²) >= 11 is 0.